The smallest absolute Gasteiger partial charge is 0.303 e. The lowest BCUT2D eigenvalue weighted by molar-refractivity contribution is -0.136. The monoisotopic (exact) mass is 252 g/mol. The molecule has 0 amide bonds. The zero-order chi connectivity index (χ0) is 13.0. The fourth-order valence-corrected chi connectivity index (χ4v) is 2.61. The Morgan fingerprint density at radius 1 is 1.50 bits per heavy atom. The van der Waals surface area contributed by atoms with E-state index >= 15 is 0 Å². The predicted molar refractivity (Wildman–Crippen MR) is 66.9 cm³/mol. The van der Waals surface area contributed by atoms with Crippen LogP contribution >= 0.6 is 0 Å². The highest BCUT2D eigenvalue weighted by molar-refractivity contribution is 5.67. The summed E-state index contributed by atoms with van der Waals surface area (Å²) < 4.78 is 7.35. The zero-order valence-electron chi connectivity index (χ0n) is 10.8. The molecule has 0 radical (unpaired) electrons. The van der Waals surface area contributed by atoms with Gasteiger partial charge in [0, 0.05) is 12.0 Å². The van der Waals surface area contributed by atoms with Crippen molar-refractivity contribution in [2.45, 2.75) is 51.0 Å². The Morgan fingerprint density at radius 2 is 2.22 bits per heavy atom. The first-order valence-corrected chi connectivity index (χ1v) is 6.54. The van der Waals surface area contributed by atoms with Gasteiger partial charge in [0.1, 0.15) is 0 Å². The summed E-state index contributed by atoms with van der Waals surface area (Å²) in [6.45, 7) is 0. The van der Waals surface area contributed by atoms with E-state index in [1.165, 1.54) is 19.3 Å². The first-order chi connectivity index (χ1) is 8.72. The lowest BCUT2D eigenvalue weighted by Gasteiger charge is -2.23. The van der Waals surface area contributed by atoms with Gasteiger partial charge < -0.3 is 9.84 Å². The van der Waals surface area contributed by atoms with Crippen molar-refractivity contribution in [1.29, 1.82) is 0 Å². The molecule has 0 spiro atoms. The Balaban J connectivity index is 2.12. The van der Waals surface area contributed by atoms with E-state index in [0.717, 1.165) is 24.3 Å². The van der Waals surface area contributed by atoms with Gasteiger partial charge in [0.05, 0.1) is 19.3 Å². The molecule has 18 heavy (non-hydrogen) atoms. The van der Waals surface area contributed by atoms with Crippen LogP contribution < -0.4 is 4.74 Å². The normalized spacial score (nSPS) is 16.7. The van der Waals surface area contributed by atoms with Crippen LogP contribution in [0.25, 0.3) is 0 Å². The number of aliphatic carboxylic acids is 1. The van der Waals surface area contributed by atoms with Crippen LogP contribution in [0.5, 0.6) is 5.88 Å². The van der Waals surface area contributed by atoms with Gasteiger partial charge in [-0.2, -0.15) is 5.10 Å². The number of aromatic nitrogens is 2. The number of nitrogens with zero attached hydrogens (tertiary/aromatic N) is 2. The fraction of sp³-hybridized carbons (Fsp3) is 0.692. The van der Waals surface area contributed by atoms with Crippen molar-refractivity contribution < 1.29 is 14.6 Å². The van der Waals surface area contributed by atoms with Gasteiger partial charge in [-0.05, 0) is 19.3 Å². The Hall–Kier alpha value is -1.52. The molecule has 1 aliphatic carbocycles. The highest BCUT2D eigenvalue weighted by Crippen LogP contribution is 2.32. The van der Waals surface area contributed by atoms with Crippen LogP contribution in [0.15, 0.2) is 6.20 Å². The second-order valence-electron chi connectivity index (χ2n) is 4.81. The minimum atomic E-state index is -0.789. The number of hydrogen-bond acceptors (Lipinski definition) is 3. The molecule has 0 aromatic carbocycles. The van der Waals surface area contributed by atoms with Crippen LogP contribution in [0.1, 0.15) is 50.1 Å². The second-order valence-corrected chi connectivity index (χ2v) is 4.81. The van der Waals surface area contributed by atoms with Crippen LogP contribution in [0.3, 0.4) is 0 Å². The molecule has 0 unspecified atom stereocenters. The first kappa shape index (κ1) is 12.9. The third-order valence-corrected chi connectivity index (χ3v) is 3.54. The van der Waals surface area contributed by atoms with Crippen molar-refractivity contribution in [3.63, 3.8) is 0 Å². The fourth-order valence-electron chi connectivity index (χ4n) is 2.61. The number of rotatable bonds is 5. The predicted octanol–water partition coefficient (Wildman–Crippen LogP) is 2.41. The second kappa shape index (κ2) is 5.89. The molecule has 1 N–H and O–H groups in total. The van der Waals surface area contributed by atoms with Crippen molar-refractivity contribution in [2.24, 2.45) is 0 Å². The lowest BCUT2D eigenvalue weighted by Crippen LogP contribution is -2.15. The first-order valence-electron chi connectivity index (χ1n) is 6.54. The summed E-state index contributed by atoms with van der Waals surface area (Å²) in [5.41, 5.74) is 0.894. The maximum absolute atomic E-state index is 10.6. The van der Waals surface area contributed by atoms with E-state index in [1.54, 1.807) is 13.3 Å². The molecule has 1 heterocycles. The Kier molecular flexibility index (Phi) is 4.23. The van der Waals surface area contributed by atoms with Gasteiger partial charge in [0.15, 0.2) is 0 Å². The summed E-state index contributed by atoms with van der Waals surface area (Å²) in [5, 5.41) is 13.1. The van der Waals surface area contributed by atoms with Crippen LogP contribution in [-0.4, -0.2) is 28.0 Å². The standard InChI is InChI=1S/C13H20N2O3/c1-18-13-10(7-8-12(16)17)9-14-15(13)11-5-3-2-4-6-11/h9,11H,2-8H2,1H3,(H,16,17). The molecule has 1 saturated carbocycles. The molecule has 2 rings (SSSR count). The third kappa shape index (κ3) is 2.83. The molecule has 0 saturated heterocycles. The van der Waals surface area contributed by atoms with Crippen molar-refractivity contribution in [2.75, 3.05) is 7.11 Å². The maximum atomic E-state index is 10.6. The van der Waals surface area contributed by atoms with Crippen molar-refractivity contribution >= 4 is 5.97 Å². The molecule has 0 bridgehead atoms. The van der Waals surface area contributed by atoms with Crippen LogP contribution in [0.4, 0.5) is 0 Å². The van der Waals surface area contributed by atoms with Crippen molar-refractivity contribution in [1.82, 2.24) is 9.78 Å². The summed E-state index contributed by atoms with van der Waals surface area (Å²) in [5.74, 6) is -0.0504. The summed E-state index contributed by atoms with van der Waals surface area (Å²) in [7, 11) is 1.63. The number of aryl methyl sites for hydroxylation is 1. The molecule has 5 nitrogen and oxygen atoms in total. The molecular formula is C13H20N2O3. The van der Waals surface area contributed by atoms with E-state index in [-0.39, 0.29) is 6.42 Å². The molecule has 1 aromatic heterocycles. The Labute approximate surface area is 107 Å². The average molecular weight is 252 g/mol. The molecule has 1 aromatic rings. The third-order valence-electron chi connectivity index (χ3n) is 3.54. The highest BCUT2D eigenvalue weighted by atomic mass is 16.5. The zero-order valence-corrected chi connectivity index (χ0v) is 10.8. The molecule has 1 fully saturated rings. The van der Waals surface area contributed by atoms with Gasteiger partial charge in [0.25, 0.3) is 0 Å². The van der Waals surface area contributed by atoms with Crippen molar-refractivity contribution in [3.05, 3.63) is 11.8 Å². The van der Waals surface area contributed by atoms with Crippen molar-refractivity contribution in [3.8, 4) is 5.88 Å². The quantitative estimate of drug-likeness (QED) is 0.874. The molecule has 100 valence electrons. The van der Waals surface area contributed by atoms with Gasteiger partial charge in [-0.3, -0.25) is 4.79 Å². The van der Waals surface area contributed by atoms with E-state index < -0.39 is 5.97 Å². The van der Waals surface area contributed by atoms with Gasteiger partial charge in [-0.1, -0.05) is 19.3 Å². The number of hydrogen-bond donors (Lipinski definition) is 1. The van der Waals surface area contributed by atoms with E-state index in [9.17, 15) is 4.79 Å². The number of carboxylic acids is 1. The van der Waals surface area contributed by atoms with Crippen LogP contribution in [0, 0.1) is 0 Å². The Morgan fingerprint density at radius 3 is 2.83 bits per heavy atom. The molecule has 5 heteroatoms. The molecule has 1 aliphatic rings. The maximum Gasteiger partial charge on any atom is 0.303 e. The summed E-state index contributed by atoms with van der Waals surface area (Å²) in [6, 6.07) is 0.410. The van der Waals surface area contributed by atoms with Gasteiger partial charge >= 0.3 is 5.97 Å². The molecule has 0 aliphatic heterocycles. The number of methoxy groups -OCH3 is 1. The van der Waals surface area contributed by atoms with Gasteiger partial charge in [-0.25, -0.2) is 4.68 Å². The van der Waals surface area contributed by atoms with E-state index in [0.29, 0.717) is 12.5 Å². The Bertz CT molecular complexity index is 408. The van der Waals surface area contributed by atoms with E-state index in [1.807, 2.05) is 4.68 Å². The van der Waals surface area contributed by atoms with Crippen LogP contribution in [-0.2, 0) is 11.2 Å². The minimum Gasteiger partial charge on any atom is -0.481 e. The van der Waals surface area contributed by atoms with Gasteiger partial charge in [-0.15, -0.1) is 0 Å². The highest BCUT2D eigenvalue weighted by Gasteiger charge is 2.21. The number of ether oxygens (including phenoxy) is 1. The van der Waals surface area contributed by atoms with Crippen LogP contribution in [0.2, 0.25) is 0 Å². The van der Waals surface area contributed by atoms with E-state index in [4.69, 9.17) is 9.84 Å². The number of carbonyl (C=O) groups is 1. The largest absolute Gasteiger partial charge is 0.481 e. The molecule has 0 atom stereocenters. The average Bonchev–Trinajstić information content (AvgIpc) is 2.80. The number of carboxylic acid groups (broad SMARTS) is 1. The van der Waals surface area contributed by atoms with E-state index in [2.05, 4.69) is 5.10 Å². The lowest BCUT2D eigenvalue weighted by atomic mass is 9.96. The summed E-state index contributed by atoms with van der Waals surface area (Å²) in [4.78, 5) is 10.6. The van der Waals surface area contributed by atoms with Gasteiger partial charge in [0.2, 0.25) is 5.88 Å². The topological polar surface area (TPSA) is 64.3 Å². The summed E-state index contributed by atoms with van der Waals surface area (Å²) >= 11 is 0. The molecular weight excluding hydrogens is 232 g/mol. The SMILES string of the molecule is COc1c(CCC(=O)O)cnn1C1CCCCC1. The summed E-state index contributed by atoms with van der Waals surface area (Å²) in [6.07, 6.45) is 8.38. The minimum absolute atomic E-state index is 0.118.